The third kappa shape index (κ3) is 4.91. The second-order valence-electron chi connectivity index (χ2n) is 8.28. The van der Waals surface area contributed by atoms with Crippen molar-refractivity contribution in [1.82, 2.24) is 14.5 Å². The molecule has 1 fully saturated rings. The van der Waals surface area contributed by atoms with Crippen LogP contribution in [0.5, 0.6) is 11.5 Å². The van der Waals surface area contributed by atoms with E-state index in [2.05, 4.69) is 14.4 Å². The summed E-state index contributed by atoms with van der Waals surface area (Å²) in [6, 6.07) is 13.3. The molecule has 4 rings (SSSR count). The van der Waals surface area contributed by atoms with Crippen LogP contribution in [-0.4, -0.2) is 79.5 Å². The van der Waals surface area contributed by atoms with Crippen LogP contribution < -0.4 is 9.64 Å². The number of nitrogens with zero attached hydrogens (tertiary/aromatic N) is 4. The van der Waals surface area contributed by atoms with Crippen LogP contribution in [0.15, 0.2) is 48.7 Å². The molecule has 1 amide bonds. The number of hydroxylamine groups is 2. The zero-order valence-electron chi connectivity index (χ0n) is 19.5. The van der Waals surface area contributed by atoms with Gasteiger partial charge in [-0.15, -0.1) is 0 Å². The molecule has 0 atom stereocenters. The molecular weight excluding hydrogens is 420 g/mol. The van der Waals surface area contributed by atoms with Gasteiger partial charge < -0.3 is 19.3 Å². The molecule has 3 aromatic rings. The first-order valence-corrected chi connectivity index (χ1v) is 11.3. The maximum absolute atomic E-state index is 12.8. The standard InChI is InChI=1S/C25H32N4O4/c1-26(33-3)25(31)21-18-29(22-10-9-19(32-2)17-20(21)22)12-6-11-27-13-15-28(16-14-27)23-7-4-5-8-24(23)30/h4-5,7-10,17-18,30H,6,11-16H2,1-3H3. The van der Waals surface area contributed by atoms with Gasteiger partial charge in [-0.3, -0.25) is 14.5 Å². The lowest BCUT2D eigenvalue weighted by Crippen LogP contribution is -2.46. The molecule has 0 saturated carbocycles. The van der Waals surface area contributed by atoms with Gasteiger partial charge in [0.05, 0.1) is 25.5 Å². The molecule has 8 heteroatoms. The Morgan fingerprint density at radius 3 is 2.52 bits per heavy atom. The Kier molecular flexibility index (Phi) is 7.05. The highest BCUT2D eigenvalue weighted by Crippen LogP contribution is 2.28. The second kappa shape index (κ2) is 10.1. The van der Waals surface area contributed by atoms with Crippen LogP contribution in [0.4, 0.5) is 5.69 Å². The number of aromatic hydroxyl groups is 1. The first-order valence-electron chi connectivity index (χ1n) is 11.3. The van der Waals surface area contributed by atoms with E-state index in [1.165, 1.54) is 12.2 Å². The van der Waals surface area contributed by atoms with Crippen LogP contribution >= 0.6 is 0 Å². The highest BCUT2D eigenvalue weighted by molar-refractivity contribution is 6.06. The van der Waals surface area contributed by atoms with Gasteiger partial charge in [-0.25, -0.2) is 5.06 Å². The Hall–Kier alpha value is -3.23. The van der Waals surface area contributed by atoms with Crippen molar-refractivity contribution < 1.29 is 19.5 Å². The highest BCUT2D eigenvalue weighted by Gasteiger charge is 2.21. The third-order valence-corrected chi connectivity index (χ3v) is 6.35. The number of phenolic OH excluding ortho intramolecular Hbond substituents is 1. The molecule has 8 nitrogen and oxygen atoms in total. The summed E-state index contributed by atoms with van der Waals surface area (Å²) in [5, 5.41) is 12.2. The predicted octanol–water partition coefficient (Wildman–Crippen LogP) is 3.20. The van der Waals surface area contributed by atoms with E-state index in [0.29, 0.717) is 11.3 Å². The molecule has 1 aromatic heterocycles. The Morgan fingerprint density at radius 2 is 1.82 bits per heavy atom. The van der Waals surface area contributed by atoms with Gasteiger partial charge in [-0.2, -0.15) is 0 Å². The van der Waals surface area contributed by atoms with Gasteiger partial charge in [0, 0.05) is 56.9 Å². The van der Waals surface area contributed by atoms with Crippen molar-refractivity contribution >= 4 is 22.5 Å². The van der Waals surface area contributed by atoms with Crippen molar-refractivity contribution in [2.75, 3.05) is 58.9 Å². The molecule has 1 N–H and O–H groups in total. The van der Waals surface area contributed by atoms with E-state index in [9.17, 15) is 9.90 Å². The van der Waals surface area contributed by atoms with Gasteiger partial charge in [0.15, 0.2) is 0 Å². The lowest BCUT2D eigenvalue weighted by atomic mass is 10.1. The van der Waals surface area contributed by atoms with Gasteiger partial charge in [0.25, 0.3) is 5.91 Å². The Balaban J connectivity index is 1.39. The summed E-state index contributed by atoms with van der Waals surface area (Å²) in [5.74, 6) is 0.873. The minimum absolute atomic E-state index is 0.185. The molecule has 0 radical (unpaired) electrons. The van der Waals surface area contributed by atoms with E-state index < -0.39 is 0 Å². The molecule has 0 unspecified atom stereocenters. The lowest BCUT2D eigenvalue weighted by molar-refractivity contribution is -0.0755. The molecule has 33 heavy (non-hydrogen) atoms. The predicted molar refractivity (Wildman–Crippen MR) is 129 cm³/mol. The van der Waals surface area contributed by atoms with E-state index >= 15 is 0 Å². The van der Waals surface area contributed by atoms with Crippen molar-refractivity contribution in [3.05, 3.63) is 54.2 Å². The number of fused-ring (bicyclic) bond motifs is 1. The number of phenols is 1. The lowest BCUT2D eigenvalue weighted by Gasteiger charge is -2.36. The summed E-state index contributed by atoms with van der Waals surface area (Å²) < 4.78 is 7.51. The average molecular weight is 453 g/mol. The number of benzene rings is 2. The fourth-order valence-electron chi connectivity index (χ4n) is 4.42. The molecule has 0 aliphatic carbocycles. The van der Waals surface area contributed by atoms with Gasteiger partial charge >= 0.3 is 0 Å². The maximum Gasteiger partial charge on any atom is 0.279 e. The fourth-order valence-corrected chi connectivity index (χ4v) is 4.42. The number of aromatic nitrogens is 1. The van der Waals surface area contributed by atoms with Crippen LogP contribution in [0.3, 0.4) is 0 Å². The number of carbonyl (C=O) groups is 1. The number of piperazine rings is 1. The molecular formula is C25H32N4O4. The van der Waals surface area contributed by atoms with Crippen LogP contribution in [0.1, 0.15) is 16.8 Å². The van der Waals surface area contributed by atoms with Crippen LogP contribution in [0.25, 0.3) is 10.9 Å². The molecule has 1 saturated heterocycles. The summed E-state index contributed by atoms with van der Waals surface area (Å²) in [7, 11) is 4.72. The van der Waals surface area contributed by atoms with Crippen molar-refractivity contribution in [1.29, 1.82) is 0 Å². The van der Waals surface area contributed by atoms with Crippen molar-refractivity contribution in [3.63, 3.8) is 0 Å². The average Bonchev–Trinajstić information content (AvgIpc) is 3.21. The first-order chi connectivity index (χ1) is 16.0. The number of methoxy groups -OCH3 is 1. The SMILES string of the molecule is COc1ccc2c(c1)c(C(=O)N(C)OC)cn2CCCN1CCN(c2ccccc2O)CC1. The number of aryl methyl sites for hydroxylation is 1. The van der Waals surface area contributed by atoms with Crippen molar-refractivity contribution in [2.45, 2.75) is 13.0 Å². The molecule has 2 heterocycles. The minimum atomic E-state index is -0.185. The number of hydrogen-bond donors (Lipinski definition) is 1. The van der Waals surface area contributed by atoms with Gasteiger partial charge in [0.1, 0.15) is 11.5 Å². The number of hydrogen-bond acceptors (Lipinski definition) is 6. The third-order valence-electron chi connectivity index (χ3n) is 6.35. The maximum atomic E-state index is 12.8. The number of amides is 1. The van der Waals surface area contributed by atoms with Gasteiger partial charge in [0.2, 0.25) is 0 Å². The van der Waals surface area contributed by atoms with Crippen LogP contribution in [-0.2, 0) is 11.4 Å². The first kappa shape index (κ1) is 22.9. The Morgan fingerprint density at radius 1 is 1.06 bits per heavy atom. The summed E-state index contributed by atoms with van der Waals surface area (Å²) in [4.78, 5) is 22.6. The summed E-state index contributed by atoms with van der Waals surface area (Å²) in [6.07, 6.45) is 2.89. The van der Waals surface area contributed by atoms with Crippen molar-refractivity contribution in [2.24, 2.45) is 0 Å². The van der Waals surface area contributed by atoms with E-state index in [-0.39, 0.29) is 5.91 Å². The number of ether oxygens (including phenoxy) is 1. The van der Waals surface area contributed by atoms with Gasteiger partial charge in [-0.05, 0) is 43.3 Å². The second-order valence-corrected chi connectivity index (χ2v) is 8.28. The monoisotopic (exact) mass is 452 g/mol. The molecule has 0 bridgehead atoms. The number of carbonyl (C=O) groups excluding carboxylic acids is 1. The summed E-state index contributed by atoms with van der Waals surface area (Å²) in [5.41, 5.74) is 2.52. The molecule has 1 aliphatic heterocycles. The largest absolute Gasteiger partial charge is 0.506 e. The normalized spacial score (nSPS) is 14.6. The molecule has 2 aromatic carbocycles. The van der Waals surface area contributed by atoms with E-state index in [1.807, 2.05) is 42.6 Å². The number of rotatable bonds is 8. The van der Waals surface area contributed by atoms with E-state index in [1.54, 1.807) is 20.2 Å². The van der Waals surface area contributed by atoms with E-state index in [4.69, 9.17) is 9.57 Å². The topological polar surface area (TPSA) is 70.4 Å². The van der Waals surface area contributed by atoms with Crippen LogP contribution in [0, 0.1) is 0 Å². The zero-order valence-corrected chi connectivity index (χ0v) is 19.5. The minimum Gasteiger partial charge on any atom is -0.506 e. The zero-order chi connectivity index (χ0) is 23.4. The summed E-state index contributed by atoms with van der Waals surface area (Å²) in [6.45, 7) is 5.50. The molecule has 0 spiro atoms. The number of anilines is 1. The van der Waals surface area contributed by atoms with Crippen molar-refractivity contribution in [3.8, 4) is 11.5 Å². The quantitative estimate of drug-likeness (QED) is 0.530. The molecule has 176 valence electrons. The fraction of sp³-hybridized carbons (Fsp3) is 0.400. The summed E-state index contributed by atoms with van der Waals surface area (Å²) >= 11 is 0. The smallest absolute Gasteiger partial charge is 0.279 e. The van der Waals surface area contributed by atoms with Gasteiger partial charge in [-0.1, -0.05) is 12.1 Å². The Labute approximate surface area is 194 Å². The van der Waals surface area contributed by atoms with Crippen LogP contribution in [0.2, 0.25) is 0 Å². The highest BCUT2D eigenvalue weighted by atomic mass is 16.7. The Bertz CT molecular complexity index is 1100. The van der Waals surface area contributed by atoms with E-state index in [0.717, 1.165) is 68.0 Å². The number of para-hydroxylation sites is 2. The molecule has 1 aliphatic rings.